The van der Waals surface area contributed by atoms with Gasteiger partial charge in [-0.25, -0.2) is 23.1 Å². The molecule has 2 atom stereocenters. The average Bonchev–Trinajstić information content (AvgIpc) is 3.46. The Bertz CT molecular complexity index is 1920. The number of H-pyrrole nitrogens is 1. The van der Waals surface area contributed by atoms with Gasteiger partial charge in [0.2, 0.25) is 5.95 Å². The number of aliphatic hydroxyl groups is 1. The number of benzene rings is 3. The molecule has 0 radical (unpaired) electrons. The van der Waals surface area contributed by atoms with Crippen LogP contribution in [0.1, 0.15) is 35.3 Å². The number of aromatic nitrogens is 3. The largest absolute Gasteiger partial charge is 0.419 e. The molecule has 1 aliphatic rings. The number of pyridine rings is 1. The summed E-state index contributed by atoms with van der Waals surface area (Å²) in [5.41, 5.74) is -2.74. The Morgan fingerprint density at radius 3 is 2.17 bits per heavy atom. The zero-order valence-electron chi connectivity index (χ0n) is 24.3. The molecule has 1 unspecified atom stereocenters. The van der Waals surface area contributed by atoms with Gasteiger partial charge in [0.25, 0.3) is 0 Å². The van der Waals surface area contributed by atoms with Crippen LogP contribution in [0.4, 0.5) is 51.3 Å². The van der Waals surface area contributed by atoms with E-state index in [0.717, 1.165) is 12.1 Å². The topological polar surface area (TPSA) is 68.3 Å². The van der Waals surface area contributed by atoms with Crippen molar-refractivity contribution in [2.45, 2.75) is 31.4 Å². The highest BCUT2D eigenvalue weighted by Crippen LogP contribution is 2.40. The molecular weight excluding hydrogens is 641 g/mol. The Labute approximate surface area is 261 Å². The summed E-state index contributed by atoms with van der Waals surface area (Å²) >= 11 is 0. The molecule has 6 rings (SSSR count). The van der Waals surface area contributed by atoms with Gasteiger partial charge in [0.05, 0.1) is 22.2 Å². The maximum atomic E-state index is 14.3. The third-order valence-corrected chi connectivity index (χ3v) is 8.02. The van der Waals surface area contributed by atoms with Crippen molar-refractivity contribution in [3.8, 4) is 11.1 Å². The third kappa shape index (κ3) is 6.19. The summed E-state index contributed by atoms with van der Waals surface area (Å²) in [5.74, 6) is -5.26. The van der Waals surface area contributed by atoms with E-state index in [4.69, 9.17) is 0 Å². The summed E-state index contributed by atoms with van der Waals surface area (Å²) in [6, 6.07) is 11.0. The Morgan fingerprint density at radius 2 is 1.55 bits per heavy atom. The van der Waals surface area contributed by atoms with Gasteiger partial charge in [-0.3, -0.25) is 0 Å². The van der Waals surface area contributed by atoms with Crippen molar-refractivity contribution in [1.29, 1.82) is 0 Å². The molecule has 3 heterocycles. The molecular formula is C32H24F9N5O. The second-order valence-corrected chi connectivity index (χ2v) is 11.2. The minimum atomic E-state index is -4.85. The number of nitrogens with one attached hydrogen (secondary N) is 1. The number of alkyl halides is 6. The molecule has 3 aromatic carbocycles. The number of halogens is 9. The fraction of sp³-hybridized carbons (Fsp3) is 0.250. The molecule has 246 valence electrons. The van der Waals surface area contributed by atoms with E-state index >= 15 is 0 Å². The first-order valence-electron chi connectivity index (χ1n) is 14.2. The lowest BCUT2D eigenvalue weighted by molar-refractivity contribution is -0.138. The number of anilines is 2. The van der Waals surface area contributed by atoms with Crippen molar-refractivity contribution in [3.05, 3.63) is 107 Å². The number of imidazole rings is 1. The van der Waals surface area contributed by atoms with Gasteiger partial charge in [0.1, 0.15) is 11.9 Å². The molecule has 2 N–H and O–H groups in total. The predicted molar refractivity (Wildman–Crippen MR) is 155 cm³/mol. The number of hydrogen-bond donors (Lipinski definition) is 2. The van der Waals surface area contributed by atoms with E-state index < -0.39 is 53.1 Å². The highest BCUT2D eigenvalue weighted by molar-refractivity contribution is 5.94. The van der Waals surface area contributed by atoms with E-state index in [1.807, 2.05) is 0 Å². The summed E-state index contributed by atoms with van der Waals surface area (Å²) < 4.78 is 126. The lowest BCUT2D eigenvalue weighted by Crippen LogP contribution is -2.53. The maximum Gasteiger partial charge on any atom is 0.419 e. The molecule has 5 aromatic rings. The predicted octanol–water partition coefficient (Wildman–Crippen LogP) is 7.88. The zero-order valence-corrected chi connectivity index (χ0v) is 24.3. The van der Waals surface area contributed by atoms with Gasteiger partial charge < -0.3 is 19.9 Å². The van der Waals surface area contributed by atoms with Crippen molar-refractivity contribution in [1.82, 2.24) is 15.0 Å². The van der Waals surface area contributed by atoms with E-state index in [0.29, 0.717) is 23.8 Å². The van der Waals surface area contributed by atoms with Crippen LogP contribution in [0.25, 0.3) is 22.2 Å². The van der Waals surface area contributed by atoms with Crippen molar-refractivity contribution in [2.24, 2.45) is 0 Å². The van der Waals surface area contributed by atoms with Crippen LogP contribution >= 0.6 is 0 Å². The van der Waals surface area contributed by atoms with Gasteiger partial charge >= 0.3 is 12.4 Å². The first-order chi connectivity index (χ1) is 22.1. The summed E-state index contributed by atoms with van der Waals surface area (Å²) in [7, 11) is 0. The summed E-state index contributed by atoms with van der Waals surface area (Å²) in [4.78, 5) is 14.3. The van der Waals surface area contributed by atoms with Crippen molar-refractivity contribution < 1.29 is 44.6 Å². The lowest BCUT2D eigenvalue weighted by Gasteiger charge is -2.41. The molecule has 6 nitrogen and oxygen atoms in total. The highest BCUT2D eigenvalue weighted by Gasteiger charge is 2.39. The van der Waals surface area contributed by atoms with E-state index in [9.17, 15) is 44.6 Å². The first-order valence-corrected chi connectivity index (χ1v) is 14.2. The molecule has 1 saturated heterocycles. The summed E-state index contributed by atoms with van der Waals surface area (Å²) in [5, 5.41) is 10.7. The molecule has 2 aromatic heterocycles. The van der Waals surface area contributed by atoms with Gasteiger partial charge in [-0.15, -0.1) is 0 Å². The smallest absolute Gasteiger partial charge is 0.384 e. The van der Waals surface area contributed by atoms with E-state index in [2.05, 4.69) is 15.0 Å². The Hall–Kier alpha value is -4.79. The number of rotatable bonds is 5. The normalized spacial score (nSPS) is 16.6. The van der Waals surface area contributed by atoms with Gasteiger partial charge in [-0.2, -0.15) is 26.3 Å². The van der Waals surface area contributed by atoms with Crippen LogP contribution < -0.4 is 9.80 Å². The van der Waals surface area contributed by atoms with E-state index in [1.165, 1.54) is 11.1 Å². The molecule has 1 aliphatic heterocycles. The van der Waals surface area contributed by atoms with Crippen molar-refractivity contribution in [3.63, 3.8) is 0 Å². The second-order valence-electron chi connectivity index (χ2n) is 11.2. The van der Waals surface area contributed by atoms with Gasteiger partial charge in [-0.1, -0.05) is 30.3 Å². The zero-order chi connectivity index (χ0) is 33.8. The van der Waals surface area contributed by atoms with Gasteiger partial charge in [-0.05, 0) is 48.4 Å². The Balaban J connectivity index is 1.32. The van der Waals surface area contributed by atoms with Crippen molar-refractivity contribution >= 4 is 22.8 Å². The van der Waals surface area contributed by atoms with Crippen LogP contribution in [0.15, 0.2) is 66.9 Å². The number of nitrogens with zero attached hydrogens (tertiary/aromatic N) is 4. The number of piperazine rings is 1. The molecule has 0 bridgehead atoms. The number of fused-ring (bicyclic) bond motifs is 1. The van der Waals surface area contributed by atoms with Crippen LogP contribution in [0.5, 0.6) is 0 Å². The van der Waals surface area contributed by atoms with Crippen LogP contribution in [-0.2, 0) is 12.4 Å². The number of hydrogen-bond acceptors (Lipinski definition) is 5. The van der Waals surface area contributed by atoms with Crippen LogP contribution in [0.3, 0.4) is 0 Å². The van der Waals surface area contributed by atoms with Crippen molar-refractivity contribution in [2.75, 3.05) is 29.4 Å². The Kier molecular flexibility index (Phi) is 8.06. The molecule has 0 spiro atoms. The minimum Gasteiger partial charge on any atom is -0.384 e. The number of aromatic amines is 1. The Morgan fingerprint density at radius 1 is 0.872 bits per heavy atom. The second kappa shape index (κ2) is 11.8. The standard InChI is InChI=1S/C32H24F9N5O/c1-16-15-45(29-22(32(39,40)41)9-19(14-42-29)28(47)17-5-3-2-4-6-17)7-8-46(16)30-43-25-13-20(31(36,37)38)12-21(27(25)44-30)18-10-23(33)26(35)24(34)11-18/h2-6,9-14,16,28,47H,7-8,15H2,1H3,(H,43,44)/t16-,28?/m1/s1. The van der Waals surface area contributed by atoms with E-state index in [1.54, 1.807) is 42.2 Å². The van der Waals surface area contributed by atoms with Crippen LogP contribution in [0.2, 0.25) is 0 Å². The molecule has 15 heteroatoms. The maximum absolute atomic E-state index is 14.3. The first kappa shape index (κ1) is 32.2. The summed E-state index contributed by atoms with van der Waals surface area (Å²) in [6.45, 7) is 1.75. The molecule has 0 aliphatic carbocycles. The molecule has 47 heavy (non-hydrogen) atoms. The quantitative estimate of drug-likeness (QED) is 0.148. The average molecular weight is 666 g/mol. The monoisotopic (exact) mass is 665 g/mol. The minimum absolute atomic E-state index is 0.00273. The fourth-order valence-electron chi connectivity index (χ4n) is 5.71. The fourth-order valence-corrected chi connectivity index (χ4v) is 5.71. The third-order valence-electron chi connectivity index (χ3n) is 8.02. The number of aliphatic hydroxyl groups excluding tert-OH is 1. The molecule has 1 fully saturated rings. The van der Waals surface area contributed by atoms with Gasteiger partial charge in [0.15, 0.2) is 17.5 Å². The highest BCUT2D eigenvalue weighted by atomic mass is 19.4. The van der Waals surface area contributed by atoms with Gasteiger partial charge in [0, 0.05) is 43.0 Å². The van der Waals surface area contributed by atoms with E-state index in [-0.39, 0.29) is 59.1 Å². The van der Waals surface area contributed by atoms with Crippen LogP contribution in [0, 0.1) is 17.5 Å². The SMILES string of the molecule is C[C@@H]1CN(c2ncc(C(O)c3ccccc3)cc2C(F)(F)F)CCN1c1nc2c(-c3cc(F)c(F)c(F)c3)cc(C(F)(F)F)cc2[nH]1. The van der Waals surface area contributed by atoms with Crippen LogP contribution in [-0.4, -0.2) is 45.7 Å². The summed E-state index contributed by atoms with van der Waals surface area (Å²) in [6.07, 6.45) is -9.81. The molecule has 0 saturated carbocycles. The lowest BCUT2D eigenvalue weighted by atomic mass is 10.0. The molecule has 0 amide bonds.